The molecule has 1 spiro atoms. The first-order valence-corrected chi connectivity index (χ1v) is 12.9. The van der Waals surface area contributed by atoms with Crippen molar-refractivity contribution in [1.29, 1.82) is 0 Å². The van der Waals surface area contributed by atoms with E-state index in [4.69, 9.17) is 25.8 Å². The molecule has 1 amide bonds. The summed E-state index contributed by atoms with van der Waals surface area (Å²) in [6, 6.07) is 9.38. The molecule has 2 fully saturated rings. The number of ether oxygens (including phenoxy) is 3. The Hall–Kier alpha value is -2.33. The minimum absolute atomic E-state index is 0.0383. The van der Waals surface area contributed by atoms with Crippen LogP contribution in [0.25, 0.3) is 0 Å². The Kier molecular flexibility index (Phi) is 5.98. The summed E-state index contributed by atoms with van der Waals surface area (Å²) >= 11 is 6.15. The molecule has 1 aliphatic carbocycles. The number of benzene rings is 2. The highest BCUT2D eigenvalue weighted by Gasteiger charge is 2.44. The fourth-order valence-electron chi connectivity index (χ4n) is 4.43. The maximum Gasteiger partial charge on any atom is 0.255 e. The quantitative estimate of drug-likeness (QED) is 0.629. The molecule has 1 saturated heterocycles. The number of amides is 1. The number of nitrogens with one attached hydrogen (secondary N) is 2. The Labute approximate surface area is 197 Å². The van der Waals surface area contributed by atoms with Crippen molar-refractivity contribution in [1.82, 2.24) is 4.72 Å². The lowest BCUT2D eigenvalue weighted by Crippen LogP contribution is -2.34. The van der Waals surface area contributed by atoms with Gasteiger partial charge in [-0.3, -0.25) is 4.79 Å². The smallest absolute Gasteiger partial charge is 0.255 e. The molecular formula is C23H25ClN2O6S. The number of hydrogen-bond donors (Lipinski definition) is 2. The highest BCUT2D eigenvalue weighted by molar-refractivity contribution is 7.89. The van der Waals surface area contributed by atoms with Gasteiger partial charge in [0.2, 0.25) is 10.0 Å². The van der Waals surface area contributed by atoms with Gasteiger partial charge in [-0.2, -0.15) is 0 Å². The Morgan fingerprint density at radius 3 is 2.61 bits per heavy atom. The predicted molar refractivity (Wildman–Crippen MR) is 122 cm³/mol. The van der Waals surface area contributed by atoms with Crippen LogP contribution in [-0.2, 0) is 14.8 Å². The van der Waals surface area contributed by atoms with Crippen molar-refractivity contribution in [2.45, 2.75) is 55.3 Å². The van der Waals surface area contributed by atoms with Crippen LogP contribution >= 0.6 is 11.6 Å². The van der Waals surface area contributed by atoms with Crippen LogP contribution in [0.2, 0.25) is 5.02 Å². The molecule has 2 aromatic rings. The normalized spacial score (nSPS) is 20.9. The molecule has 2 heterocycles. The molecule has 2 aliphatic heterocycles. The van der Waals surface area contributed by atoms with E-state index in [1.54, 1.807) is 18.2 Å². The molecule has 8 nitrogen and oxygen atoms in total. The van der Waals surface area contributed by atoms with Gasteiger partial charge in [0, 0.05) is 43.3 Å². The van der Waals surface area contributed by atoms with Crippen LogP contribution in [0.4, 0.5) is 5.69 Å². The molecule has 3 aliphatic rings. The van der Waals surface area contributed by atoms with Crippen LogP contribution in [0, 0.1) is 0 Å². The zero-order valence-electron chi connectivity index (χ0n) is 17.9. The van der Waals surface area contributed by atoms with Crippen LogP contribution in [0.15, 0.2) is 41.3 Å². The zero-order valence-corrected chi connectivity index (χ0v) is 19.5. The molecule has 176 valence electrons. The highest BCUT2D eigenvalue weighted by Crippen LogP contribution is 2.47. The summed E-state index contributed by atoms with van der Waals surface area (Å²) in [5.74, 6) is 0.206. The highest BCUT2D eigenvalue weighted by atomic mass is 35.5. The van der Waals surface area contributed by atoms with Gasteiger partial charge in [-0.25, -0.2) is 13.1 Å². The maximum absolute atomic E-state index is 12.9. The first-order chi connectivity index (χ1) is 15.8. The van der Waals surface area contributed by atoms with E-state index in [1.807, 2.05) is 0 Å². The first-order valence-electron chi connectivity index (χ1n) is 11.1. The van der Waals surface area contributed by atoms with Crippen LogP contribution in [0.5, 0.6) is 11.5 Å². The molecule has 0 bridgehead atoms. The molecule has 33 heavy (non-hydrogen) atoms. The van der Waals surface area contributed by atoms with Crippen molar-refractivity contribution in [3.8, 4) is 11.5 Å². The average molecular weight is 493 g/mol. The van der Waals surface area contributed by atoms with Crippen molar-refractivity contribution in [2.75, 3.05) is 18.5 Å². The molecule has 0 radical (unpaired) electrons. The molecule has 1 unspecified atom stereocenters. The van der Waals surface area contributed by atoms with E-state index in [1.165, 1.54) is 18.2 Å². The van der Waals surface area contributed by atoms with E-state index in [2.05, 4.69) is 10.0 Å². The van der Waals surface area contributed by atoms with Gasteiger partial charge in [0.15, 0.2) is 11.5 Å². The third-order valence-electron chi connectivity index (χ3n) is 6.17. The van der Waals surface area contributed by atoms with Gasteiger partial charge in [0.25, 0.3) is 11.7 Å². The summed E-state index contributed by atoms with van der Waals surface area (Å²) in [5, 5.41) is 2.83. The summed E-state index contributed by atoms with van der Waals surface area (Å²) in [7, 11) is -3.91. The van der Waals surface area contributed by atoms with E-state index in [0.29, 0.717) is 23.8 Å². The molecule has 2 N–H and O–H groups in total. The topological polar surface area (TPSA) is 103 Å². The summed E-state index contributed by atoms with van der Waals surface area (Å²) < 4.78 is 45.6. The average Bonchev–Trinajstić information content (AvgIpc) is 3.54. The molecule has 1 atom stereocenters. The lowest BCUT2D eigenvalue weighted by Gasteiger charge is -2.21. The standard InChI is InChI=1S/C23H25ClN2O6S/c24-18-7-5-15(12-21(18)33(28,29)25-14-17-4-3-11-30-17)22(27)26-16-6-8-19-20(13-16)32-23(31-19)9-1-2-10-23/h5-8,12-13,17,25H,1-4,9-11,14H2,(H,26,27). The van der Waals surface area contributed by atoms with Crippen molar-refractivity contribution in [3.63, 3.8) is 0 Å². The number of hydrogen-bond acceptors (Lipinski definition) is 6. The third-order valence-corrected chi connectivity index (χ3v) is 8.07. The number of halogens is 1. The molecule has 10 heteroatoms. The third kappa shape index (κ3) is 4.68. The van der Waals surface area contributed by atoms with Gasteiger partial charge >= 0.3 is 0 Å². The van der Waals surface area contributed by atoms with Gasteiger partial charge in [0.1, 0.15) is 4.90 Å². The van der Waals surface area contributed by atoms with Crippen molar-refractivity contribution < 1.29 is 27.4 Å². The summed E-state index contributed by atoms with van der Waals surface area (Å²) in [6.07, 6.45) is 5.35. The first kappa shape index (κ1) is 22.5. The molecule has 2 aromatic carbocycles. The number of sulfonamides is 1. The van der Waals surface area contributed by atoms with Crippen LogP contribution in [0.3, 0.4) is 0 Å². The predicted octanol–water partition coefficient (Wildman–Crippen LogP) is 4.09. The van der Waals surface area contributed by atoms with E-state index in [9.17, 15) is 13.2 Å². The van der Waals surface area contributed by atoms with E-state index in [-0.39, 0.29) is 28.1 Å². The summed E-state index contributed by atoms with van der Waals surface area (Å²) in [4.78, 5) is 12.7. The fourth-order valence-corrected chi connectivity index (χ4v) is 6.02. The zero-order chi connectivity index (χ0) is 23.1. The monoisotopic (exact) mass is 492 g/mol. The van der Waals surface area contributed by atoms with Gasteiger partial charge in [-0.05, 0) is 56.0 Å². The van der Waals surface area contributed by atoms with Crippen molar-refractivity contribution in [2.24, 2.45) is 0 Å². The van der Waals surface area contributed by atoms with Crippen molar-refractivity contribution >= 4 is 33.2 Å². The van der Waals surface area contributed by atoms with E-state index >= 15 is 0 Å². The number of carbonyl (C=O) groups is 1. The number of rotatable bonds is 6. The van der Waals surface area contributed by atoms with Gasteiger partial charge in [0.05, 0.1) is 11.1 Å². The van der Waals surface area contributed by atoms with Gasteiger partial charge in [-0.1, -0.05) is 11.6 Å². The van der Waals surface area contributed by atoms with Gasteiger partial charge < -0.3 is 19.5 Å². The second-order valence-electron chi connectivity index (χ2n) is 8.57. The second kappa shape index (κ2) is 8.79. The number of anilines is 1. The van der Waals surface area contributed by atoms with Crippen LogP contribution in [0.1, 0.15) is 48.9 Å². The maximum atomic E-state index is 12.9. The Balaban J connectivity index is 1.30. The van der Waals surface area contributed by atoms with Crippen LogP contribution < -0.4 is 19.5 Å². The number of fused-ring (bicyclic) bond motifs is 1. The summed E-state index contributed by atoms with van der Waals surface area (Å²) in [6.45, 7) is 0.789. The molecule has 1 saturated carbocycles. The van der Waals surface area contributed by atoms with E-state index < -0.39 is 21.7 Å². The molecule has 5 rings (SSSR count). The Morgan fingerprint density at radius 1 is 1.06 bits per heavy atom. The lowest BCUT2D eigenvalue weighted by molar-refractivity contribution is -0.0716. The van der Waals surface area contributed by atoms with E-state index in [0.717, 1.165) is 38.5 Å². The minimum atomic E-state index is -3.91. The fraction of sp³-hybridized carbons (Fsp3) is 0.435. The van der Waals surface area contributed by atoms with Crippen LogP contribution in [-0.4, -0.2) is 39.4 Å². The molecule has 0 aromatic heterocycles. The lowest BCUT2D eigenvalue weighted by atomic mass is 10.2. The largest absolute Gasteiger partial charge is 0.448 e. The number of carbonyl (C=O) groups excluding carboxylic acids is 1. The Morgan fingerprint density at radius 2 is 1.85 bits per heavy atom. The Bertz CT molecular complexity index is 1170. The minimum Gasteiger partial charge on any atom is -0.448 e. The summed E-state index contributed by atoms with van der Waals surface area (Å²) in [5.41, 5.74) is 0.690. The van der Waals surface area contributed by atoms with Crippen molar-refractivity contribution in [3.05, 3.63) is 47.0 Å². The van der Waals surface area contributed by atoms with Gasteiger partial charge in [-0.15, -0.1) is 0 Å². The SMILES string of the molecule is O=C(Nc1ccc2c(c1)OC1(CCCC1)O2)c1ccc(Cl)c(S(=O)(=O)NCC2CCCO2)c1. The second-order valence-corrected chi connectivity index (χ2v) is 10.7. The molecular weight excluding hydrogens is 468 g/mol.